The van der Waals surface area contributed by atoms with Crippen LogP contribution in [0.5, 0.6) is 0 Å². The molecule has 0 aliphatic carbocycles. The van der Waals surface area contributed by atoms with E-state index in [2.05, 4.69) is 133 Å². The van der Waals surface area contributed by atoms with Gasteiger partial charge in [0.1, 0.15) is 11.2 Å². The number of benzene rings is 8. The third kappa shape index (κ3) is 5.65. The Labute approximate surface area is 327 Å². The van der Waals surface area contributed by atoms with E-state index < -0.39 is 0 Å². The minimum absolute atomic E-state index is 0.602. The van der Waals surface area contributed by atoms with E-state index in [4.69, 9.17) is 19.4 Å². The molecule has 5 heteroatoms. The number of para-hydroxylation sites is 1. The molecule has 0 fully saturated rings. The monoisotopic (exact) mass is 733 g/mol. The highest BCUT2D eigenvalue weighted by Gasteiger charge is 2.18. The molecule has 4 nitrogen and oxygen atoms in total. The Morgan fingerprint density at radius 3 is 1.62 bits per heavy atom. The van der Waals surface area contributed by atoms with Gasteiger partial charge in [-0.15, -0.1) is 11.3 Å². The van der Waals surface area contributed by atoms with Crippen LogP contribution in [0.1, 0.15) is 0 Å². The lowest BCUT2D eigenvalue weighted by Crippen LogP contribution is -2.00. The largest absolute Gasteiger partial charge is 0.456 e. The molecule has 0 amide bonds. The summed E-state index contributed by atoms with van der Waals surface area (Å²) in [7, 11) is 0. The van der Waals surface area contributed by atoms with Crippen molar-refractivity contribution in [2.45, 2.75) is 0 Å². The van der Waals surface area contributed by atoms with Crippen LogP contribution in [0.25, 0.3) is 110 Å². The van der Waals surface area contributed by atoms with Crippen LogP contribution in [0.3, 0.4) is 0 Å². The van der Waals surface area contributed by atoms with Gasteiger partial charge in [0.2, 0.25) is 0 Å². The zero-order chi connectivity index (χ0) is 37.0. The maximum atomic E-state index is 6.26. The molecule has 0 aliphatic rings. The quantitative estimate of drug-likeness (QED) is 0.171. The van der Waals surface area contributed by atoms with Crippen LogP contribution in [0, 0.1) is 0 Å². The Bertz CT molecular complexity index is 3240. The van der Waals surface area contributed by atoms with E-state index in [0.717, 1.165) is 44.0 Å². The summed E-state index contributed by atoms with van der Waals surface area (Å²) in [6.45, 7) is 0. The van der Waals surface area contributed by atoms with Crippen molar-refractivity contribution < 1.29 is 4.42 Å². The Morgan fingerprint density at radius 1 is 0.321 bits per heavy atom. The van der Waals surface area contributed by atoms with Gasteiger partial charge in [0, 0.05) is 47.6 Å². The molecule has 0 N–H and O–H groups in total. The van der Waals surface area contributed by atoms with Crippen LogP contribution in [0.2, 0.25) is 0 Å². The van der Waals surface area contributed by atoms with Crippen molar-refractivity contribution in [3.63, 3.8) is 0 Å². The summed E-state index contributed by atoms with van der Waals surface area (Å²) in [6, 6.07) is 65.9. The van der Waals surface area contributed by atoms with Gasteiger partial charge in [0.25, 0.3) is 0 Å². The molecular weight excluding hydrogens is 703 g/mol. The predicted octanol–water partition coefficient (Wildman–Crippen LogP) is 14.1. The second kappa shape index (κ2) is 13.3. The predicted molar refractivity (Wildman–Crippen MR) is 233 cm³/mol. The molecule has 0 saturated heterocycles. The third-order valence-electron chi connectivity index (χ3n) is 10.6. The molecule has 8 aromatic carbocycles. The number of hydrogen-bond donors (Lipinski definition) is 0. The van der Waals surface area contributed by atoms with Crippen LogP contribution in [0.15, 0.2) is 192 Å². The Hall–Kier alpha value is -7.21. The van der Waals surface area contributed by atoms with E-state index in [1.807, 2.05) is 54.6 Å². The lowest BCUT2D eigenvalue weighted by atomic mass is 9.96. The molecule has 0 unspecified atom stereocenters. The van der Waals surface area contributed by atoms with Crippen LogP contribution < -0.4 is 0 Å². The molecule has 3 heterocycles. The second-order valence-corrected chi connectivity index (χ2v) is 15.1. The molecule has 0 spiro atoms. The average molecular weight is 734 g/mol. The smallest absolute Gasteiger partial charge is 0.164 e. The van der Waals surface area contributed by atoms with Crippen LogP contribution in [-0.4, -0.2) is 15.0 Å². The van der Waals surface area contributed by atoms with E-state index in [9.17, 15) is 0 Å². The van der Waals surface area contributed by atoms with Gasteiger partial charge in [-0.3, -0.25) is 0 Å². The average Bonchev–Trinajstić information content (AvgIpc) is 3.85. The van der Waals surface area contributed by atoms with Gasteiger partial charge in [-0.25, -0.2) is 15.0 Å². The fourth-order valence-electron chi connectivity index (χ4n) is 7.76. The highest BCUT2D eigenvalue weighted by Crippen LogP contribution is 2.42. The molecule has 262 valence electrons. The summed E-state index contributed by atoms with van der Waals surface area (Å²) in [4.78, 5) is 15.3. The fourth-order valence-corrected chi connectivity index (χ4v) is 8.93. The first kappa shape index (κ1) is 32.2. The van der Waals surface area contributed by atoms with Crippen molar-refractivity contribution in [3.05, 3.63) is 188 Å². The van der Waals surface area contributed by atoms with Gasteiger partial charge in [0.05, 0.1) is 0 Å². The summed E-state index contributed by atoms with van der Waals surface area (Å²) >= 11 is 1.80. The van der Waals surface area contributed by atoms with Gasteiger partial charge in [-0.1, -0.05) is 152 Å². The van der Waals surface area contributed by atoms with E-state index in [0.29, 0.717) is 17.5 Å². The van der Waals surface area contributed by atoms with Crippen molar-refractivity contribution in [2.75, 3.05) is 0 Å². The SMILES string of the molecule is c1ccc(-c2cccc(-c3ccc(-c4ccc5c(c4)sc4cccc(-c6nc(-c7ccccc7)nc(-c7ccc8c(c7)oc7ccccc78)n6)c45)cc3)c2)cc1. The summed E-state index contributed by atoms with van der Waals surface area (Å²) in [5.41, 5.74) is 11.7. The minimum Gasteiger partial charge on any atom is -0.456 e. The third-order valence-corrected chi connectivity index (χ3v) is 11.7. The van der Waals surface area contributed by atoms with E-state index in [-0.39, 0.29) is 0 Å². The standard InChI is InChI=1S/C51H31N3OS/c1-3-11-32(12-4-1)36-15-9-16-37(29-36)33-21-23-34(24-22-33)38-25-28-42-47(31-38)56-46-20-10-18-43(48(42)46)51-53-49(35-13-5-2-6-14-35)52-50(54-51)39-26-27-41-40-17-7-8-19-44(40)55-45(41)30-39/h1-31H. The molecule has 3 aromatic heterocycles. The topological polar surface area (TPSA) is 51.8 Å². The molecule has 0 radical (unpaired) electrons. The lowest BCUT2D eigenvalue weighted by Gasteiger charge is -2.10. The van der Waals surface area contributed by atoms with Gasteiger partial charge < -0.3 is 4.42 Å². The second-order valence-electron chi connectivity index (χ2n) is 14.0. The molecule has 0 bridgehead atoms. The summed E-state index contributed by atoms with van der Waals surface area (Å²) in [5, 5.41) is 4.50. The van der Waals surface area contributed by atoms with Crippen molar-refractivity contribution in [3.8, 4) is 67.5 Å². The first-order valence-corrected chi connectivity index (χ1v) is 19.5. The highest BCUT2D eigenvalue weighted by molar-refractivity contribution is 7.26. The molecule has 0 aliphatic heterocycles. The van der Waals surface area contributed by atoms with Gasteiger partial charge in [0.15, 0.2) is 17.5 Å². The molecule has 56 heavy (non-hydrogen) atoms. The van der Waals surface area contributed by atoms with Gasteiger partial charge >= 0.3 is 0 Å². The van der Waals surface area contributed by atoms with Crippen molar-refractivity contribution in [1.29, 1.82) is 0 Å². The summed E-state index contributed by atoms with van der Waals surface area (Å²) in [5.74, 6) is 1.87. The number of rotatable bonds is 6. The number of aromatic nitrogens is 3. The Balaban J connectivity index is 0.986. The number of furan rings is 1. The lowest BCUT2D eigenvalue weighted by molar-refractivity contribution is 0.669. The number of hydrogen-bond acceptors (Lipinski definition) is 5. The Kier molecular flexibility index (Phi) is 7.64. The summed E-state index contributed by atoms with van der Waals surface area (Å²) < 4.78 is 8.67. The molecular formula is C51H31N3OS. The van der Waals surface area contributed by atoms with Crippen molar-refractivity contribution in [1.82, 2.24) is 15.0 Å². The van der Waals surface area contributed by atoms with Crippen molar-refractivity contribution in [2.24, 2.45) is 0 Å². The first-order chi connectivity index (χ1) is 27.7. The van der Waals surface area contributed by atoms with Crippen LogP contribution in [0.4, 0.5) is 0 Å². The highest BCUT2D eigenvalue weighted by atomic mass is 32.1. The van der Waals surface area contributed by atoms with E-state index in [1.54, 1.807) is 11.3 Å². The zero-order valence-electron chi connectivity index (χ0n) is 30.1. The van der Waals surface area contributed by atoms with Crippen molar-refractivity contribution >= 4 is 53.4 Å². The number of fused-ring (bicyclic) bond motifs is 6. The maximum absolute atomic E-state index is 6.26. The van der Waals surface area contributed by atoms with Crippen LogP contribution in [-0.2, 0) is 0 Å². The normalized spacial score (nSPS) is 11.6. The number of thiophene rings is 1. The van der Waals surface area contributed by atoms with E-state index >= 15 is 0 Å². The fraction of sp³-hybridized carbons (Fsp3) is 0. The first-order valence-electron chi connectivity index (χ1n) is 18.7. The Morgan fingerprint density at radius 2 is 0.857 bits per heavy atom. The van der Waals surface area contributed by atoms with Crippen LogP contribution >= 0.6 is 11.3 Å². The molecule has 11 rings (SSSR count). The zero-order valence-corrected chi connectivity index (χ0v) is 30.9. The number of nitrogens with zero attached hydrogens (tertiary/aromatic N) is 3. The minimum atomic E-state index is 0.602. The maximum Gasteiger partial charge on any atom is 0.164 e. The molecule has 11 aromatic rings. The van der Waals surface area contributed by atoms with Gasteiger partial charge in [-0.05, 0) is 69.8 Å². The molecule has 0 atom stereocenters. The van der Waals surface area contributed by atoms with Gasteiger partial charge in [-0.2, -0.15) is 0 Å². The van der Waals surface area contributed by atoms with E-state index in [1.165, 1.54) is 48.2 Å². The summed E-state index contributed by atoms with van der Waals surface area (Å²) in [6.07, 6.45) is 0. The molecule has 0 saturated carbocycles.